The SMILES string of the molecule is CC(C)C(=O)N1CCC(C(=O)Nc2ccccc2)(n2cccn2)CC1. The Labute approximate surface area is 147 Å². The topological polar surface area (TPSA) is 67.2 Å². The number of para-hydroxylation sites is 1. The van der Waals surface area contributed by atoms with E-state index in [4.69, 9.17) is 0 Å². The first-order valence-corrected chi connectivity index (χ1v) is 8.68. The van der Waals surface area contributed by atoms with Crippen LogP contribution in [0.15, 0.2) is 48.8 Å². The maximum Gasteiger partial charge on any atom is 0.252 e. The first-order valence-electron chi connectivity index (χ1n) is 8.68. The van der Waals surface area contributed by atoms with Crippen molar-refractivity contribution in [1.29, 1.82) is 0 Å². The number of anilines is 1. The summed E-state index contributed by atoms with van der Waals surface area (Å²) in [6.45, 7) is 4.91. The minimum absolute atomic E-state index is 0.0321. The normalized spacial score (nSPS) is 16.7. The van der Waals surface area contributed by atoms with E-state index in [-0.39, 0.29) is 17.7 Å². The van der Waals surface area contributed by atoms with Gasteiger partial charge in [0.2, 0.25) is 5.91 Å². The third kappa shape index (κ3) is 3.43. The first-order chi connectivity index (χ1) is 12.0. The lowest BCUT2D eigenvalue weighted by molar-refractivity contribution is -0.140. The Morgan fingerprint density at radius 2 is 1.80 bits per heavy atom. The van der Waals surface area contributed by atoms with E-state index < -0.39 is 5.54 Å². The Morgan fingerprint density at radius 3 is 2.36 bits per heavy atom. The van der Waals surface area contributed by atoms with Crippen LogP contribution in [0.4, 0.5) is 5.69 Å². The zero-order chi connectivity index (χ0) is 17.9. The van der Waals surface area contributed by atoms with E-state index in [0.29, 0.717) is 25.9 Å². The Balaban J connectivity index is 1.82. The predicted molar refractivity (Wildman–Crippen MR) is 95.9 cm³/mol. The lowest BCUT2D eigenvalue weighted by atomic mass is 9.86. The lowest BCUT2D eigenvalue weighted by Crippen LogP contribution is -2.55. The van der Waals surface area contributed by atoms with Gasteiger partial charge in [-0.3, -0.25) is 14.3 Å². The van der Waals surface area contributed by atoms with E-state index >= 15 is 0 Å². The van der Waals surface area contributed by atoms with Gasteiger partial charge in [0, 0.05) is 37.1 Å². The molecule has 1 aromatic heterocycles. The van der Waals surface area contributed by atoms with Crippen molar-refractivity contribution >= 4 is 17.5 Å². The Hall–Kier alpha value is -2.63. The van der Waals surface area contributed by atoms with E-state index in [1.165, 1.54) is 0 Å². The van der Waals surface area contributed by atoms with Gasteiger partial charge in [-0.25, -0.2) is 0 Å². The molecule has 132 valence electrons. The maximum atomic E-state index is 13.1. The molecule has 0 unspecified atom stereocenters. The van der Waals surface area contributed by atoms with Crippen molar-refractivity contribution in [2.24, 2.45) is 5.92 Å². The summed E-state index contributed by atoms with van der Waals surface area (Å²) in [5, 5.41) is 7.34. The number of likely N-dealkylation sites (tertiary alicyclic amines) is 1. The molecule has 0 saturated carbocycles. The molecule has 2 heterocycles. The monoisotopic (exact) mass is 340 g/mol. The van der Waals surface area contributed by atoms with Gasteiger partial charge in [-0.1, -0.05) is 32.0 Å². The Kier molecular flexibility index (Phi) is 4.88. The molecule has 1 fully saturated rings. The molecule has 0 aliphatic carbocycles. The standard InChI is InChI=1S/C19H24N4O2/c1-15(2)17(24)22-13-9-19(10-14-22,23-12-6-11-20-23)18(25)21-16-7-4-3-5-8-16/h3-8,11-12,15H,9-10,13-14H2,1-2H3,(H,21,25). The molecule has 0 radical (unpaired) electrons. The van der Waals surface area contributed by atoms with Crippen LogP contribution in [0.1, 0.15) is 26.7 Å². The Bertz CT molecular complexity index is 717. The van der Waals surface area contributed by atoms with Crippen LogP contribution < -0.4 is 5.32 Å². The molecule has 6 nitrogen and oxygen atoms in total. The number of nitrogens with one attached hydrogen (secondary N) is 1. The quantitative estimate of drug-likeness (QED) is 0.930. The lowest BCUT2D eigenvalue weighted by Gasteiger charge is -2.41. The number of amides is 2. The number of hydrogen-bond donors (Lipinski definition) is 1. The third-order valence-electron chi connectivity index (χ3n) is 4.79. The summed E-state index contributed by atoms with van der Waals surface area (Å²) in [7, 11) is 0. The summed E-state index contributed by atoms with van der Waals surface area (Å²) < 4.78 is 1.74. The molecule has 1 aromatic carbocycles. The maximum absolute atomic E-state index is 13.1. The van der Waals surface area contributed by atoms with Crippen LogP contribution in [0.25, 0.3) is 0 Å². The molecule has 0 atom stereocenters. The molecule has 1 aliphatic heterocycles. The van der Waals surface area contributed by atoms with Crippen molar-refractivity contribution in [3.05, 3.63) is 48.8 Å². The van der Waals surface area contributed by atoms with Crippen molar-refractivity contribution in [3.63, 3.8) is 0 Å². The fourth-order valence-corrected chi connectivity index (χ4v) is 3.31. The van der Waals surface area contributed by atoms with Crippen LogP contribution >= 0.6 is 0 Å². The van der Waals surface area contributed by atoms with Gasteiger partial charge in [0.1, 0.15) is 5.54 Å². The van der Waals surface area contributed by atoms with Gasteiger partial charge in [0.05, 0.1) is 0 Å². The van der Waals surface area contributed by atoms with Crippen LogP contribution in [0.5, 0.6) is 0 Å². The number of aromatic nitrogens is 2. The smallest absolute Gasteiger partial charge is 0.252 e. The van der Waals surface area contributed by atoms with Crippen molar-refractivity contribution in [3.8, 4) is 0 Å². The van der Waals surface area contributed by atoms with Gasteiger partial charge < -0.3 is 10.2 Å². The molecular formula is C19H24N4O2. The third-order valence-corrected chi connectivity index (χ3v) is 4.79. The first kappa shape index (κ1) is 17.2. The van der Waals surface area contributed by atoms with E-state index in [1.54, 1.807) is 10.9 Å². The van der Waals surface area contributed by atoms with E-state index in [2.05, 4.69) is 10.4 Å². The van der Waals surface area contributed by atoms with Gasteiger partial charge in [-0.15, -0.1) is 0 Å². The van der Waals surface area contributed by atoms with Gasteiger partial charge >= 0.3 is 0 Å². The van der Waals surface area contributed by atoms with Crippen molar-refractivity contribution in [2.45, 2.75) is 32.2 Å². The number of carbonyl (C=O) groups excluding carboxylic acids is 2. The van der Waals surface area contributed by atoms with Crippen LogP contribution in [0.3, 0.4) is 0 Å². The molecule has 1 saturated heterocycles. The molecule has 3 rings (SSSR count). The minimum Gasteiger partial charge on any atom is -0.342 e. The highest BCUT2D eigenvalue weighted by Crippen LogP contribution is 2.32. The summed E-state index contributed by atoms with van der Waals surface area (Å²) in [6, 6.07) is 11.2. The molecule has 0 bridgehead atoms. The number of rotatable bonds is 4. The van der Waals surface area contributed by atoms with E-state index in [0.717, 1.165) is 5.69 Å². The largest absolute Gasteiger partial charge is 0.342 e. The van der Waals surface area contributed by atoms with Crippen LogP contribution in [0.2, 0.25) is 0 Å². The van der Waals surface area contributed by atoms with Gasteiger partial charge in [0.15, 0.2) is 0 Å². The number of nitrogens with zero attached hydrogens (tertiary/aromatic N) is 3. The van der Waals surface area contributed by atoms with Crippen LogP contribution in [-0.2, 0) is 15.1 Å². The summed E-state index contributed by atoms with van der Waals surface area (Å²) in [5.74, 6) is 0.0203. The highest BCUT2D eigenvalue weighted by atomic mass is 16.2. The number of benzene rings is 1. The average Bonchev–Trinajstić information content (AvgIpc) is 3.17. The molecular weight excluding hydrogens is 316 g/mol. The highest BCUT2D eigenvalue weighted by Gasteiger charge is 2.44. The van der Waals surface area contributed by atoms with Crippen molar-refractivity contribution in [1.82, 2.24) is 14.7 Å². The summed E-state index contributed by atoms with van der Waals surface area (Å²) in [5.41, 5.74) is -0.00711. The van der Waals surface area contributed by atoms with Crippen LogP contribution in [-0.4, -0.2) is 39.6 Å². The second-order valence-electron chi connectivity index (χ2n) is 6.78. The molecule has 1 N–H and O–H groups in total. The zero-order valence-corrected chi connectivity index (χ0v) is 14.7. The predicted octanol–water partition coefficient (Wildman–Crippen LogP) is 2.50. The van der Waals surface area contributed by atoms with Crippen LogP contribution in [0, 0.1) is 5.92 Å². The van der Waals surface area contributed by atoms with Gasteiger partial charge in [0.25, 0.3) is 5.91 Å². The second kappa shape index (κ2) is 7.09. The fourth-order valence-electron chi connectivity index (χ4n) is 3.31. The average molecular weight is 340 g/mol. The minimum atomic E-state index is -0.771. The molecule has 0 spiro atoms. The number of carbonyl (C=O) groups is 2. The summed E-state index contributed by atoms with van der Waals surface area (Å²) in [6.07, 6.45) is 4.60. The molecule has 2 aromatic rings. The molecule has 25 heavy (non-hydrogen) atoms. The zero-order valence-electron chi connectivity index (χ0n) is 14.7. The molecule has 2 amide bonds. The van der Waals surface area contributed by atoms with Gasteiger partial charge in [-0.2, -0.15) is 5.10 Å². The fraction of sp³-hybridized carbons (Fsp3) is 0.421. The van der Waals surface area contributed by atoms with E-state index in [1.807, 2.05) is 61.3 Å². The second-order valence-corrected chi connectivity index (χ2v) is 6.78. The molecule has 6 heteroatoms. The molecule has 1 aliphatic rings. The van der Waals surface area contributed by atoms with E-state index in [9.17, 15) is 9.59 Å². The number of piperidine rings is 1. The van der Waals surface area contributed by atoms with Crippen molar-refractivity contribution < 1.29 is 9.59 Å². The Morgan fingerprint density at radius 1 is 1.12 bits per heavy atom. The summed E-state index contributed by atoms with van der Waals surface area (Å²) in [4.78, 5) is 27.2. The summed E-state index contributed by atoms with van der Waals surface area (Å²) >= 11 is 0. The highest BCUT2D eigenvalue weighted by molar-refractivity contribution is 5.97. The number of hydrogen-bond acceptors (Lipinski definition) is 3. The van der Waals surface area contributed by atoms with Gasteiger partial charge in [-0.05, 0) is 31.0 Å². The van der Waals surface area contributed by atoms with Crippen molar-refractivity contribution in [2.75, 3.05) is 18.4 Å².